The van der Waals surface area contributed by atoms with E-state index in [1.54, 1.807) is 18.5 Å². The molecule has 8 heteroatoms. The van der Waals surface area contributed by atoms with Gasteiger partial charge in [-0.25, -0.2) is 4.98 Å². The Kier molecular flexibility index (Phi) is 5.52. The summed E-state index contributed by atoms with van der Waals surface area (Å²) in [7, 11) is 0. The van der Waals surface area contributed by atoms with Crippen molar-refractivity contribution in [3.05, 3.63) is 48.4 Å². The van der Waals surface area contributed by atoms with Crippen LogP contribution in [-0.4, -0.2) is 31.9 Å². The number of amides is 1. The predicted octanol–water partition coefficient (Wildman–Crippen LogP) is 1.90. The fourth-order valence-corrected chi connectivity index (χ4v) is 2.61. The highest BCUT2D eigenvalue weighted by molar-refractivity contribution is 5.90. The van der Waals surface area contributed by atoms with Crippen molar-refractivity contribution in [2.75, 3.05) is 11.1 Å². The number of hydrogen-bond donors (Lipinski definition) is 3. The summed E-state index contributed by atoms with van der Waals surface area (Å²) in [5.74, 6) is 0.468. The molecule has 1 unspecified atom stereocenters. The second kappa shape index (κ2) is 8.19. The Bertz CT molecular complexity index is 885. The Hall–Kier alpha value is -3.29. The van der Waals surface area contributed by atoms with E-state index in [4.69, 9.17) is 5.73 Å². The van der Waals surface area contributed by atoms with Gasteiger partial charge in [0.2, 0.25) is 11.9 Å². The summed E-state index contributed by atoms with van der Waals surface area (Å²) < 4.78 is 0. The lowest BCUT2D eigenvalue weighted by Crippen LogP contribution is -2.39. The first-order valence-electron chi connectivity index (χ1n) is 8.49. The molecule has 0 spiro atoms. The van der Waals surface area contributed by atoms with E-state index in [0.29, 0.717) is 29.8 Å². The van der Waals surface area contributed by atoms with Gasteiger partial charge in [0.05, 0.1) is 17.8 Å². The number of pyridine rings is 2. The zero-order valence-corrected chi connectivity index (χ0v) is 14.5. The first kappa shape index (κ1) is 17.5. The van der Waals surface area contributed by atoms with E-state index >= 15 is 0 Å². The maximum atomic E-state index is 12.6. The Labute approximate surface area is 151 Å². The lowest BCUT2D eigenvalue weighted by atomic mass is 10.1. The van der Waals surface area contributed by atoms with Gasteiger partial charge in [-0.1, -0.05) is 19.4 Å². The first-order chi connectivity index (χ1) is 12.7. The van der Waals surface area contributed by atoms with Crippen molar-refractivity contribution in [2.45, 2.75) is 32.4 Å². The average molecular weight is 351 g/mol. The topological polar surface area (TPSA) is 119 Å². The van der Waals surface area contributed by atoms with E-state index in [1.807, 2.05) is 31.2 Å². The molecule has 0 aromatic carbocycles. The number of carbonyl (C=O) groups is 1. The smallest absolute Gasteiger partial charge is 0.242 e. The number of carbonyl (C=O) groups excluding carboxylic acids is 1. The molecular formula is C18H21N7O. The molecule has 134 valence electrons. The highest BCUT2D eigenvalue weighted by atomic mass is 16.2. The Morgan fingerprint density at radius 3 is 2.77 bits per heavy atom. The van der Waals surface area contributed by atoms with Crippen molar-refractivity contribution in [3.8, 4) is 0 Å². The molecule has 1 atom stereocenters. The molecule has 0 bridgehead atoms. The lowest BCUT2D eigenvalue weighted by molar-refractivity contribution is -0.122. The van der Waals surface area contributed by atoms with Crippen LogP contribution in [0.15, 0.2) is 42.7 Å². The normalized spacial score (nSPS) is 11.9. The van der Waals surface area contributed by atoms with Gasteiger partial charge in [0.15, 0.2) is 5.82 Å². The molecule has 3 heterocycles. The van der Waals surface area contributed by atoms with Gasteiger partial charge in [-0.05, 0) is 30.7 Å². The van der Waals surface area contributed by atoms with Crippen LogP contribution in [0.4, 0.5) is 11.8 Å². The van der Waals surface area contributed by atoms with E-state index < -0.39 is 6.04 Å². The Balaban J connectivity index is 1.77. The fourth-order valence-electron chi connectivity index (χ4n) is 2.61. The van der Waals surface area contributed by atoms with Crippen molar-refractivity contribution in [3.63, 3.8) is 0 Å². The molecule has 8 nitrogen and oxygen atoms in total. The van der Waals surface area contributed by atoms with Crippen molar-refractivity contribution >= 4 is 28.7 Å². The van der Waals surface area contributed by atoms with Crippen molar-refractivity contribution in [2.24, 2.45) is 0 Å². The Morgan fingerprint density at radius 2 is 2.00 bits per heavy atom. The minimum Gasteiger partial charge on any atom is -0.368 e. The molecule has 0 fully saturated rings. The molecule has 4 N–H and O–H groups in total. The van der Waals surface area contributed by atoms with Crippen molar-refractivity contribution < 1.29 is 4.79 Å². The van der Waals surface area contributed by atoms with Crippen LogP contribution in [0.2, 0.25) is 0 Å². The molecule has 0 aliphatic carbocycles. The van der Waals surface area contributed by atoms with Gasteiger partial charge in [-0.3, -0.25) is 14.8 Å². The first-order valence-corrected chi connectivity index (χ1v) is 8.49. The zero-order chi connectivity index (χ0) is 18.4. The number of aromatic nitrogens is 4. The third-order valence-corrected chi connectivity index (χ3v) is 3.85. The van der Waals surface area contributed by atoms with Crippen LogP contribution in [0, 0.1) is 0 Å². The second-order valence-electron chi connectivity index (χ2n) is 5.83. The average Bonchev–Trinajstić information content (AvgIpc) is 2.66. The number of rotatable bonds is 7. The molecule has 3 aromatic rings. The molecule has 0 saturated carbocycles. The molecule has 0 radical (unpaired) electrons. The molecule has 3 rings (SSSR count). The minimum absolute atomic E-state index is 0.126. The summed E-state index contributed by atoms with van der Waals surface area (Å²) in [6.07, 6.45) is 4.83. The van der Waals surface area contributed by atoms with Gasteiger partial charge in [0.1, 0.15) is 11.6 Å². The van der Waals surface area contributed by atoms with E-state index in [2.05, 4.69) is 30.6 Å². The maximum absolute atomic E-state index is 12.6. The van der Waals surface area contributed by atoms with Crippen molar-refractivity contribution in [1.82, 2.24) is 25.3 Å². The number of nitrogens with one attached hydrogen (secondary N) is 2. The Morgan fingerprint density at radius 1 is 1.15 bits per heavy atom. The number of fused-ring (bicyclic) bond motifs is 1. The SMILES string of the molecule is CCCC(Nc1nc(N)nc2cccnc12)C(=O)NCc1ccccn1. The molecule has 0 saturated heterocycles. The van der Waals surface area contributed by atoms with Crippen LogP contribution in [0.25, 0.3) is 11.0 Å². The highest BCUT2D eigenvalue weighted by Crippen LogP contribution is 2.20. The second-order valence-corrected chi connectivity index (χ2v) is 5.83. The van der Waals surface area contributed by atoms with Gasteiger partial charge in [0.25, 0.3) is 0 Å². The van der Waals surface area contributed by atoms with Crippen molar-refractivity contribution in [1.29, 1.82) is 0 Å². The number of nitrogens with zero attached hydrogens (tertiary/aromatic N) is 4. The minimum atomic E-state index is -0.455. The fraction of sp³-hybridized carbons (Fsp3) is 0.278. The standard InChI is InChI=1S/C18H21N7O/c1-2-6-14(17(26)22-11-12-7-3-4-9-20-12)23-16-15-13(8-5-10-21-15)24-18(19)25-16/h3-5,7-10,14H,2,6,11H2,1H3,(H,22,26)(H3,19,23,24,25). The van der Waals surface area contributed by atoms with Gasteiger partial charge in [-0.2, -0.15) is 4.98 Å². The lowest BCUT2D eigenvalue weighted by Gasteiger charge is -2.19. The molecule has 1 amide bonds. The van der Waals surface area contributed by atoms with Gasteiger partial charge < -0.3 is 16.4 Å². The molecule has 0 aliphatic heterocycles. The third-order valence-electron chi connectivity index (χ3n) is 3.85. The molecule has 0 aliphatic rings. The van der Waals surface area contributed by atoms with Crippen LogP contribution >= 0.6 is 0 Å². The van der Waals surface area contributed by atoms with Crippen LogP contribution in [0.5, 0.6) is 0 Å². The van der Waals surface area contributed by atoms with Gasteiger partial charge in [-0.15, -0.1) is 0 Å². The van der Waals surface area contributed by atoms with E-state index in [9.17, 15) is 4.79 Å². The van der Waals surface area contributed by atoms with Crippen LogP contribution in [0.3, 0.4) is 0 Å². The molecule has 3 aromatic heterocycles. The summed E-state index contributed by atoms with van der Waals surface area (Å²) in [5.41, 5.74) is 7.80. The number of nitrogen functional groups attached to an aromatic ring is 1. The summed E-state index contributed by atoms with van der Waals surface area (Å²) in [5, 5.41) is 6.08. The van der Waals surface area contributed by atoms with E-state index in [0.717, 1.165) is 12.1 Å². The summed E-state index contributed by atoms with van der Waals surface area (Å²) in [6, 6.07) is 8.72. The summed E-state index contributed by atoms with van der Waals surface area (Å²) >= 11 is 0. The van der Waals surface area contributed by atoms with Gasteiger partial charge >= 0.3 is 0 Å². The maximum Gasteiger partial charge on any atom is 0.242 e. The van der Waals surface area contributed by atoms with Crippen LogP contribution < -0.4 is 16.4 Å². The van der Waals surface area contributed by atoms with Crippen LogP contribution in [0.1, 0.15) is 25.5 Å². The molecule has 26 heavy (non-hydrogen) atoms. The van der Waals surface area contributed by atoms with E-state index in [1.165, 1.54) is 0 Å². The third kappa shape index (κ3) is 4.21. The quantitative estimate of drug-likeness (QED) is 0.595. The van der Waals surface area contributed by atoms with Gasteiger partial charge in [0, 0.05) is 12.4 Å². The largest absolute Gasteiger partial charge is 0.368 e. The predicted molar refractivity (Wildman–Crippen MR) is 100 cm³/mol. The summed E-state index contributed by atoms with van der Waals surface area (Å²) in [6.45, 7) is 2.39. The molecular weight excluding hydrogens is 330 g/mol. The number of nitrogens with two attached hydrogens (primary N) is 1. The highest BCUT2D eigenvalue weighted by Gasteiger charge is 2.20. The summed E-state index contributed by atoms with van der Waals surface area (Å²) in [4.78, 5) is 29.5. The number of anilines is 2. The monoisotopic (exact) mass is 351 g/mol. The van der Waals surface area contributed by atoms with Crippen LogP contribution in [-0.2, 0) is 11.3 Å². The zero-order valence-electron chi connectivity index (χ0n) is 14.5. The van der Waals surface area contributed by atoms with E-state index in [-0.39, 0.29) is 11.9 Å². The number of hydrogen-bond acceptors (Lipinski definition) is 7.